The second kappa shape index (κ2) is 9.75. The molecule has 0 radical (unpaired) electrons. The van der Waals surface area contributed by atoms with E-state index in [0.717, 1.165) is 22.2 Å². The third-order valence-corrected chi connectivity index (χ3v) is 6.21. The molecule has 0 saturated carbocycles. The maximum atomic E-state index is 12.9. The molecule has 0 spiro atoms. The molecule has 1 amide bonds. The molecular weight excluding hydrogens is 399 g/mol. The number of nitrogens with one attached hydrogen (secondary N) is 1. The van der Waals surface area contributed by atoms with Crippen LogP contribution in [-0.2, 0) is 15.3 Å². The topological polar surface area (TPSA) is 67.8 Å². The Labute approximate surface area is 171 Å². The first-order chi connectivity index (χ1) is 13.5. The zero-order valence-corrected chi connectivity index (χ0v) is 16.8. The summed E-state index contributed by atoms with van der Waals surface area (Å²) in [7, 11) is 0. The second-order valence-electron chi connectivity index (χ2n) is 5.99. The van der Waals surface area contributed by atoms with Crippen LogP contribution < -0.4 is 5.32 Å². The van der Waals surface area contributed by atoms with Crippen molar-refractivity contribution in [3.63, 3.8) is 0 Å². The number of aliphatic imine (C=N–C) groups is 1. The van der Waals surface area contributed by atoms with E-state index in [-0.39, 0.29) is 0 Å². The first-order valence-corrected chi connectivity index (χ1v) is 10.7. The highest BCUT2D eigenvalue weighted by atomic mass is 32.2. The predicted octanol–water partition coefficient (Wildman–Crippen LogP) is 4.35. The lowest BCUT2D eigenvalue weighted by Gasteiger charge is -2.15. The van der Waals surface area contributed by atoms with Crippen molar-refractivity contribution < 1.29 is 18.7 Å². The summed E-state index contributed by atoms with van der Waals surface area (Å²) in [4.78, 5) is 29.2. The summed E-state index contributed by atoms with van der Waals surface area (Å²) in [5.74, 6) is 0.163. The number of ether oxygens (including phenoxy) is 1. The molecule has 1 atom stereocenters. The van der Waals surface area contributed by atoms with Crippen molar-refractivity contribution >= 4 is 45.5 Å². The van der Waals surface area contributed by atoms with Gasteiger partial charge < -0.3 is 10.1 Å². The largest absolute Gasteiger partial charge is 0.449 e. The van der Waals surface area contributed by atoms with Crippen molar-refractivity contribution in [3.8, 4) is 0 Å². The summed E-state index contributed by atoms with van der Waals surface area (Å²) in [5, 5.41) is 2.60. The molecule has 1 aliphatic heterocycles. The fourth-order valence-electron chi connectivity index (χ4n) is 2.44. The lowest BCUT2D eigenvalue weighted by Crippen LogP contribution is -2.30. The van der Waals surface area contributed by atoms with Crippen LogP contribution in [0.25, 0.3) is 0 Å². The molecule has 1 aliphatic rings. The Morgan fingerprint density at radius 3 is 2.71 bits per heavy atom. The third kappa shape index (κ3) is 5.59. The molecule has 0 unspecified atom stereocenters. The maximum absolute atomic E-state index is 12.9. The molecule has 1 heterocycles. The SMILES string of the molecule is C[C@@H](OC(=O)c1ccccc1CSC1=NCCS1)C(=O)Nc1ccc(F)cc1. The van der Waals surface area contributed by atoms with Crippen molar-refractivity contribution in [2.45, 2.75) is 18.8 Å². The Morgan fingerprint density at radius 1 is 1.25 bits per heavy atom. The number of benzene rings is 2. The summed E-state index contributed by atoms with van der Waals surface area (Å²) >= 11 is 3.30. The minimum absolute atomic E-state index is 0.395. The number of hydrogen-bond acceptors (Lipinski definition) is 6. The Hall–Kier alpha value is -2.32. The van der Waals surface area contributed by atoms with E-state index < -0.39 is 23.8 Å². The van der Waals surface area contributed by atoms with E-state index in [1.807, 2.05) is 12.1 Å². The molecule has 8 heteroatoms. The normalized spacial score (nSPS) is 14.3. The van der Waals surface area contributed by atoms with Crippen molar-refractivity contribution in [1.29, 1.82) is 0 Å². The average Bonchev–Trinajstić information content (AvgIpc) is 3.22. The van der Waals surface area contributed by atoms with Crippen LogP contribution in [0, 0.1) is 5.82 Å². The lowest BCUT2D eigenvalue weighted by atomic mass is 10.1. The number of nitrogens with zero attached hydrogens (tertiary/aromatic N) is 1. The van der Waals surface area contributed by atoms with E-state index in [1.165, 1.54) is 31.2 Å². The van der Waals surface area contributed by atoms with Crippen LogP contribution in [0.4, 0.5) is 10.1 Å². The number of halogens is 1. The van der Waals surface area contributed by atoms with Crippen LogP contribution in [0.1, 0.15) is 22.8 Å². The average molecular weight is 419 g/mol. The highest BCUT2D eigenvalue weighted by Gasteiger charge is 2.21. The summed E-state index contributed by atoms with van der Waals surface area (Å²) in [6, 6.07) is 12.5. The van der Waals surface area contributed by atoms with E-state index in [1.54, 1.807) is 35.7 Å². The van der Waals surface area contributed by atoms with Crippen LogP contribution in [0.3, 0.4) is 0 Å². The summed E-state index contributed by atoms with van der Waals surface area (Å²) in [6.07, 6.45) is -0.993. The third-order valence-electron chi connectivity index (χ3n) is 3.91. The highest BCUT2D eigenvalue weighted by molar-refractivity contribution is 8.38. The summed E-state index contributed by atoms with van der Waals surface area (Å²) in [5.41, 5.74) is 1.69. The first-order valence-electron chi connectivity index (χ1n) is 8.68. The molecule has 28 heavy (non-hydrogen) atoms. The van der Waals surface area contributed by atoms with Crippen LogP contribution >= 0.6 is 23.5 Å². The van der Waals surface area contributed by atoms with Gasteiger partial charge in [0.25, 0.3) is 5.91 Å². The number of carbonyl (C=O) groups is 2. The van der Waals surface area contributed by atoms with Gasteiger partial charge in [-0.25, -0.2) is 9.18 Å². The smallest absolute Gasteiger partial charge is 0.339 e. The van der Waals surface area contributed by atoms with Crippen LogP contribution in [0.5, 0.6) is 0 Å². The molecule has 2 aromatic rings. The van der Waals surface area contributed by atoms with Gasteiger partial charge in [-0.1, -0.05) is 41.7 Å². The van der Waals surface area contributed by atoms with Crippen molar-refractivity contribution in [3.05, 3.63) is 65.5 Å². The molecule has 146 valence electrons. The number of carbonyl (C=O) groups excluding carboxylic acids is 2. The predicted molar refractivity (Wildman–Crippen MR) is 112 cm³/mol. The maximum Gasteiger partial charge on any atom is 0.339 e. The van der Waals surface area contributed by atoms with Crippen molar-refractivity contribution in [2.24, 2.45) is 4.99 Å². The number of esters is 1. The molecule has 1 N–H and O–H groups in total. The zero-order valence-electron chi connectivity index (χ0n) is 15.2. The van der Waals surface area contributed by atoms with E-state index in [4.69, 9.17) is 4.74 Å². The van der Waals surface area contributed by atoms with Crippen molar-refractivity contribution in [1.82, 2.24) is 0 Å². The van der Waals surface area contributed by atoms with Gasteiger partial charge in [0.15, 0.2) is 6.10 Å². The second-order valence-corrected chi connectivity index (χ2v) is 8.29. The number of anilines is 1. The molecule has 0 bridgehead atoms. The zero-order chi connectivity index (χ0) is 19.9. The molecule has 2 aromatic carbocycles. The Bertz CT molecular complexity index is 887. The lowest BCUT2D eigenvalue weighted by molar-refractivity contribution is -0.123. The molecule has 0 aliphatic carbocycles. The molecule has 5 nitrogen and oxygen atoms in total. The van der Waals surface area contributed by atoms with E-state index in [2.05, 4.69) is 10.3 Å². The van der Waals surface area contributed by atoms with Gasteiger partial charge in [-0.2, -0.15) is 0 Å². The highest BCUT2D eigenvalue weighted by Crippen LogP contribution is 2.26. The van der Waals surface area contributed by atoms with Crippen molar-refractivity contribution in [2.75, 3.05) is 17.6 Å². The Balaban J connectivity index is 1.60. The van der Waals surface area contributed by atoms with Gasteiger partial charge in [-0.15, -0.1) is 0 Å². The van der Waals surface area contributed by atoms with Gasteiger partial charge in [-0.3, -0.25) is 9.79 Å². The fraction of sp³-hybridized carbons (Fsp3) is 0.250. The van der Waals surface area contributed by atoms with Gasteiger partial charge in [-0.05, 0) is 42.8 Å². The quantitative estimate of drug-likeness (QED) is 0.707. The summed E-state index contributed by atoms with van der Waals surface area (Å²) < 4.78 is 19.3. The van der Waals surface area contributed by atoms with E-state index in [0.29, 0.717) is 17.0 Å². The molecule has 3 rings (SSSR count). The van der Waals surface area contributed by atoms with Crippen LogP contribution in [0.15, 0.2) is 53.5 Å². The standard InChI is InChI=1S/C20H19FN2O3S2/c1-13(18(24)23-16-8-6-15(21)7-9-16)26-19(25)17-5-3-2-4-14(17)12-28-20-22-10-11-27-20/h2-9,13H,10-12H2,1H3,(H,23,24)/t13-/m1/s1. The minimum atomic E-state index is -0.993. The van der Waals surface area contributed by atoms with Crippen LogP contribution in [0.2, 0.25) is 0 Å². The molecule has 0 aromatic heterocycles. The van der Waals surface area contributed by atoms with E-state index >= 15 is 0 Å². The summed E-state index contributed by atoms with van der Waals surface area (Å²) in [6.45, 7) is 2.33. The van der Waals surface area contributed by atoms with E-state index in [9.17, 15) is 14.0 Å². The molecular formula is C20H19FN2O3S2. The number of hydrogen-bond donors (Lipinski definition) is 1. The first kappa shape index (κ1) is 20.4. The Kier molecular flexibility index (Phi) is 7.11. The fourth-order valence-corrected chi connectivity index (χ4v) is 4.46. The molecule has 0 saturated heterocycles. The minimum Gasteiger partial charge on any atom is -0.449 e. The van der Waals surface area contributed by atoms with Gasteiger partial charge in [0.05, 0.1) is 12.1 Å². The van der Waals surface area contributed by atoms with Crippen LogP contribution in [-0.4, -0.2) is 34.7 Å². The number of rotatable bonds is 6. The Morgan fingerprint density at radius 2 is 2.00 bits per heavy atom. The van der Waals surface area contributed by atoms with Gasteiger partial charge in [0, 0.05) is 17.2 Å². The van der Waals surface area contributed by atoms with Gasteiger partial charge in [0.2, 0.25) is 0 Å². The molecule has 0 fully saturated rings. The monoisotopic (exact) mass is 418 g/mol. The number of amides is 1. The number of thioether (sulfide) groups is 2. The van der Waals surface area contributed by atoms with Gasteiger partial charge in [0.1, 0.15) is 10.2 Å². The van der Waals surface area contributed by atoms with Gasteiger partial charge >= 0.3 is 5.97 Å².